The van der Waals surface area contributed by atoms with Gasteiger partial charge in [0.1, 0.15) is 12.6 Å². The minimum Gasteiger partial charge on any atom is -0.298 e. The van der Waals surface area contributed by atoms with Crippen LogP contribution in [0.5, 0.6) is 0 Å². The van der Waals surface area contributed by atoms with Crippen molar-refractivity contribution in [3.8, 4) is 0 Å². The van der Waals surface area contributed by atoms with E-state index in [0.717, 1.165) is 36.6 Å². The Balaban J connectivity index is 0. The Hall–Kier alpha value is -1.18. The van der Waals surface area contributed by atoms with E-state index < -0.39 is 0 Å². The van der Waals surface area contributed by atoms with E-state index in [1.807, 2.05) is 39.8 Å². The summed E-state index contributed by atoms with van der Waals surface area (Å²) in [5, 5.41) is 0. The van der Waals surface area contributed by atoms with Crippen molar-refractivity contribution in [2.75, 3.05) is 0 Å². The molecule has 0 fully saturated rings. The lowest BCUT2D eigenvalue weighted by molar-refractivity contribution is -0.105. The first kappa shape index (κ1) is 15.3. The van der Waals surface area contributed by atoms with Crippen LogP contribution in [-0.2, 0) is 9.59 Å². The predicted octanol–water partition coefficient (Wildman–Crippen LogP) is 3.08. The van der Waals surface area contributed by atoms with E-state index in [-0.39, 0.29) is 0 Å². The van der Waals surface area contributed by atoms with Gasteiger partial charge in [-0.15, -0.1) is 0 Å². The van der Waals surface area contributed by atoms with Crippen LogP contribution in [0.1, 0.15) is 40.5 Å². The third kappa shape index (κ3) is 8.91. The molecule has 0 aromatic carbocycles. The molecule has 0 aliphatic carbocycles. The number of carbonyl (C=O) groups is 2. The molecule has 0 heterocycles. The highest BCUT2D eigenvalue weighted by atomic mass is 16.1. The van der Waals surface area contributed by atoms with Crippen LogP contribution >= 0.6 is 0 Å². The zero-order chi connectivity index (χ0) is 11.4. The molecule has 0 aliphatic rings. The van der Waals surface area contributed by atoms with Crippen LogP contribution in [0.25, 0.3) is 0 Å². The maximum Gasteiger partial charge on any atom is 0.145 e. The summed E-state index contributed by atoms with van der Waals surface area (Å²) < 4.78 is 0. The van der Waals surface area contributed by atoms with Gasteiger partial charge >= 0.3 is 0 Å². The van der Waals surface area contributed by atoms with Gasteiger partial charge in [-0.05, 0) is 37.8 Å². The SMILES string of the molecule is CC=C(C=O)CC.CC=C(C=O)CC. The molecule has 0 aromatic heterocycles. The van der Waals surface area contributed by atoms with Gasteiger partial charge in [0.25, 0.3) is 0 Å². The topological polar surface area (TPSA) is 34.1 Å². The number of hydrogen-bond acceptors (Lipinski definition) is 2. The Labute approximate surface area is 86.7 Å². The van der Waals surface area contributed by atoms with Crippen molar-refractivity contribution in [2.24, 2.45) is 0 Å². The van der Waals surface area contributed by atoms with Crippen LogP contribution in [-0.4, -0.2) is 12.6 Å². The molecule has 0 atom stereocenters. The molecule has 0 rings (SSSR count). The largest absolute Gasteiger partial charge is 0.298 e. The molecular formula is C12H20O2. The monoisotopic (exact) mass is 196 g/mol. The van der Waals surface area contributed by atoms with E-state index in [0.29, 0.717) is 0 Å². The highest BCUT2D eigenvalue weighted by Gasteiger charge is 1.82. The zero-order valence-corrected chi connectivity index (χ0v) is 9.54. The lowest BCUT2D eigenvalue weighted by Crippen LogP contribution is -1.77. The van der Waals surface area contributed by atoms with Gasteiger partial charge in [-0.25, -0.2) is 0 Å². The molecule has 0 aliphatic heterocycles. The first-order chi connectivity index (χ1) is 6.69. The van der Waals surface area contributed by atoms with E-state index in [1.165, 1.54) is 0 Å². The second-order valence-corrected chi connectivity index (χ2v) is 2.67. The maximum atomic E-state index is 9.90. The lowest BCUT2D eigenvalue weighted by Gasteiger charge is -1.84. The predicted molar refractivity (Wildman–Crippen MR) is 60.2 cm³/mol. The number of aldehydes is 2. The summed E-state index contributed by atoms with van der Waals surface area (Å²) in [4.78, 5) is 19.8. The fourth-order valence-electron chi connectivity index (χ4n) is 0.711. The van der Waals surface area contributed by atoms with Gasteiger partial charge in [0, 0.05) is 0 Å². The summed E-state index contributed by atoms with van der Waals surface area (Å²) in [5.74, 6) is 0. The highest BCUT2D eigenvalue weighted by Crippen LogP contribution is 1.92. The van der Waals surface area contributed by atoms with Crippen molar-refractivity contribution in [1.29, 1.82) is 0 Å². The summed E-state index contributed by atoms with van der Waals surface area (Å²) in [6.07, 6.45) is 7.13. The minimum absolute atomic E-state index is 0.847. The van der Waals surface area contributed by atoms with Gasteiger partial charge in [0.05, 0.1) is 0 Å². The lowest BCUT2D eigenvalue weighted by atomic mass is 10.2. The molecule has 0 amide bonds. The average molecular weight is 196 g/mol. The molecule has 2 heteroatoms. The molecular weight excluding hydrogens is 176 g/mol. The van der Waals surface area contributed by atoms with E-state index in [9.17, 15) is 9.59 Å². The van der Waals surface area contributed by atoms with Gasteiger partial charge in [-0.3, -0.25) is 9.59 Å². The van der Waals surface area contributed by atoms with Gasteiger partial charge in [0.15, 0.2) is 0 Å². The summed E-state index contributed by atoms with van der Waals surface area (Å²) >= 11 is 0. The van der Waals surface area contributed by atoms with Crippen LogP contribution in [0.3, 0.4) is 0 Å². The number of carbonyl (C=O) groups excluding carboxylic acids is 2. The van der Waals surface area contributed by atoms with E-state index in [4.69, 9.17) is 0 Å². The van der Waals surface area contributed by atoms with Crippen molar-refractivity contribution in [2.45, 2.75) is 40.5 Å². The third-order valence-electron chi connectivity index (χ3n) is 1.86. The Kier molecular flexibility index (Phi) is 12.9. The summed E-state index contributed by atoms with van der Waals surface area (Å²) in [5.41, 5.74) is 1.75. The van der Waals surface area contributed by atoms with Gasteiger partial charge in [-0.1, -0.05) is 26.0 Å². The Morgan fingerprint density at radius 1 is 0.857 bits per heavy atom. The smallest absolute Gasteiger partial charge is 0.145 e. The molecule has 0 saturated heterocycles. The number of hydrogen-bond donors (Lipinski definition) is 0. The second kappa shape index (κ2) is 11.8. The van der Waals surface area contributed by atoms with Gasteiger partial charge in [-0.2, -0.15) is 0 Å². The van der Waals surface area contributed by atoms with Crippen LogP contribution < -0.4 is 0 Å². The normalized spacial score (nSPS) is 11.4. The average Bonchev–Trinajstić information content (AvgIpc) is 2.24. The molecule has 0 spiro atoms. The first-order valence-electron chi connectivity index (χ1n) is 4.90. The Bertz CT molecular complexity index is 188. The van der Waals surface area contributed by atoms with Crippen molar-refractivity contribution in [3.63, 3.8) is 0 Å². The van der Waals surface area contributed by atoms with Crippen molar-refractivity contribution in [3.05, 3.63) is 23.3 Å². The van der Waals surface area contributed by atoms with Gasteiger partial charge in [0.2, 0.25) is 0 Å². The van der Waals surface area contributed by atoms with E-state index in [1.54, 1.807) is 0 Å². The van der Waals surface area contributed by atoms with Crippen LogP contribution in [0, 0.1) is 0 Å². The fourth-order valence-corrected chi connectivity index (χ4v) is 0.711. The zero-order valence-electron chi connectivity index (χ0n) is 9.54. The summed E-state index contributed by atoms with van der Waals surface area (Å²) in [6, 6.07) is 0. The molecule has 14 heavy (non-hydrogen) atoms. The molecule has 0 unspecified atom stereocenters. The summed E-state index contributed by atoms with van der Waals surface area (Å²) in [6.45, 7) is 7.66. The molecule has 80 valence electrons. The van der Waals surface area contributed by atoms with Crippen molar-refractivity contribution < 1.29 is 9.59 Å². The van der Waals surface area contributed by atoms with Gasteiger partial charge < -0.3 is 0 Å². The standard InChI is InChI=1S/2C6H10O/c2*1-3-6(4-2)5-7/h2*3,5H,4H2,1-2H3. The van der Waals surface area contributed by atoms with Crippen molar-refractivity contribution in [1.82, 2.24) is 0 Å². The minimum atomic E-state index is 0.847. The molecule has 0 saturated carbocycles. The van der Waals surface area contributed by atoms with Crippen LogP contribution in [0.2, 0.25) is 0 Å². The quantitative estimate of drug-likeness (QED) is 0.511. The third-order valence-corrected chi connectivity index (χ3v) is 1.86. The maximum absolute atomic E-state index is 9.90. The van der Waals surface area contributed by atoms with Crippen molar-refractivity contribution >= 4 is 12.6 Å². The second-order valence-electron chi connectivity index (χ2n) is 2.67. The number of allylic oxidation sites excluding steroid dienone is 4. The highest BCUT2D eigenvalue weighted by molar-refractivity contribution is 5.72. The molecule has 0 bridgehead atoms. The number of rotatable bonds is 4. The fraction of sp³-hybridized carbons (Fsp3) is 0.500. The van der Waals surface area contributed by atoms with Crippen LogP contribution in [0.4, 0.5) is 0 Å². The Morgan fingerprint density at radius 2 is 1.14 bits per heavy atom. The molecule has 0 aromatic rings. The Morgan fingerprint density at radius 3 is 1.14 bits per heavy atom. The first-order valence-corrected chi connectivity index (χ1v) is 4.90. The summed E-state index contributed by atoms with van der Waals surface area (Å²) in [7, 11) is 0. The van der Waals surface area contributed by atoms with E-state index >= 15 is 0 Å². The van der Waals surface area contributed by atoms with Crippen LogP contribution in [0.15, 0.2) is 23.3 Å². The molecule has 0 radical (unpaired) electrons. The van der Waals surface area contributed by atoms with E-state index in [2.05, 4.69) is 0 Å². The molecule has 0 N–H and O–H groups in total. The molecule has 2 nitrogen and oxygen atoms in total.